The van der Waals surface area contributed by atoms with Gasteiger partial charge in [0.25, 0.3) is 0 Å². The van der Waals surface area contributed by atoms with Crippen LogP contribution < -0.4 is 0 Å². The lowest BCUT2D eigenvalue weighted by atomic mass is 9.99. The van der Waals surface area contributed by atoms with E-state index < -0.39 is 0 Å². The molecule has 0 aliphatic heterocycles. The van der Waals surface area contributed by atoms with Crippen molar-refractivity contribution in [3.05, 3.63) is 64.7 Å². The molecule has 4 rings (SSSR count). The molecular formula is C19H14ClN. The highest BCUT2D eigenvalue weighted by atomic mass is 35.5. The minimum absolute atomic E-state index is 0.755. The second-order valence-electron chi connectivity index (χ2n) is 5.51. The summed E-state index contributed by atoms with van der Waals surface area (Å²) in [6, 6.07) is 16.9. The zero-order valence-electron chi connectivity index (χ0n) is 11.9. The Kier molecular flexibility index (Phi) is 2.66. The molecule has 0 bridgehead atoms. The van der Waals surface area contributed by atoms with E-state index in [0.29, 0.717) is 0 Å². The maximum atomic E-state index is 6.49. The zero-order valence-corrected chi connectivity index (χ0v) is 12.7. The molecule has 0 saturated heterocycles. The number of hydrogen-bond donors (Lipinski definition) is 0. The number of pyridine rings is 1. The van der Waals surface area contributed by atoms with Crippen molar-refractivity contribution in [1.82, 2.24) is 4.98 Å². The molecule has 21 heavy (non-hydrogen) atoms. The van der Waals surface area contributed by atoms with Crippen LogP contribution in [0.3, 0.4) is 0 Å². The van der Waals surface area contributed by atoms with Crippen LogP contribution in [-0.2, 0) is 0 Å². The molecule has 0 fully saturated rings. The summed E-state index contributed by atoms with van der Waals surface area (Å²) in [7, 11) is 0. The summed E-state index contributed by atoms with van der Waals surface area (Å²) in [5.41, 5.74) is 4.24. The highest BCUT2D eigenvalue weighted by Crippen LogP contribution is 2.34. The van der Waals surface area contributed by atoms with Crippen LogP contribution in [0.2, 0.25) is 5.02 Å². The first-order valence-electron chi connectivity index (χ1n) is 7.03. The van der Waals surface area contributed by atoms with Gasteiger partial charge in [0, 0.05) is 16.2 Å². The average molecular weight is 292 g/mol. The summed E-state index contributed by atoms with van der Waals surface area (Å²) in [6.45, 7) is 4.17. The molecular weight excluding hydrogens is 278 g/mol. The lowest BCUT2D eigenvalue weighted by Gasteiger charge is -2.11. The number of nitrogens with zero attached hydrogens (tertiary/aromatic N) is 1. The Balaban J connectivity index is 2.31. The quantitative estimate of drug-likeness (QED) is 0.294. The zero-order chi connectivity index (χ0) is 14.6. The van der Waals surface area contributed by atoms with Crippen molar-refractivity contribution in [2.75, 3.05) is 0 Å². The maximum Gasteiger partial charge on any atom is 0.0901 e. The molecule has 0 unspecified atom stereocenters. The molecule has 0 atom stereocenters. The number of aromatic nitrogens is 1. The van der Waals surface area contributed by atoms with Gasteiger partial charge < -0.3 is 0 Å². The van der Waals surface area contributed by atoms with Gasteiger partial charge in [-0.2, -0.15) is 0 Å². The number of halogens is 1. The summed E-state index contributed by atoms with van der Waals surface area (Å²) >= 11 is 6.49. The molecule has 1 aromatic heterocycles. The van der Waals surface area contributed by atoms with Gasteiger partial charge in [-0.05, 0) is 30.4 Å². The Labute approximate surface area is 128 Å². The van der Waals surface area contributed by atoms with Crippen LogP contribution in [-0.4, -0.2) is 4.98 Å². The van der Waals surface area contributed by atoms with Crippen LogP contribution in [0.15, 0.2) is 48.5 Å². The highest BCUT2D eigenvalue weighted by Gasteiger charge is 2.11. The van der Waals surface area contributed by atoms with Gasteiger partial charge in [-0.25, -0.2) is 4.98 Å². The first kappa shape index (κ1) is 12.6. The topological polar surface area (TPSA) is 12.9 Å². The molecule has 0 saturated carbocycles. The number of hydrogen-bond acceptors (Lipinski definition) is 1. The van der Waals surface area contributed by atoms with Gasteiger partial charge in [-0.3, -0.25) is 0 Å². The van der Waals surface area contributed by atoms with Crippen LogP contribution in [0.1, 0.15) is 11.1 Å². The summed E-state index contributed by atoms with van der Waals surface area (Å²) in [5.74, 6) is 0. The van der Waals surface area contributed by atoms with Crippen LogP contribution in [0.25, 0.3) is 32.6 Å². The molecule has 0 radical (unpaired) electrons. The molecule has 0 spiro atoms. The maximum absolute atomic E-state index is 6.49. The van der Waals surface area contributed by atoms with E-state index in [0.717, 1.165) is 27.0 Å². The van der Waals surface area contributed by atoms with E-state index in [2.05, 4.69) is 55.5 Å². The highest BCUT2D eigenvalue weighted by molar-refractivity contribution is 6.36. The van der Waals surface area contributed by atoms with Crippen molar-refractivity contribution in [3.63, 3.8) is 0 Å². The molecule has 0 amide bonds. The fourth-order valence-electron chi connectivity index (χ4n) is 3.01. The van der Waals surface area contributed by atoms with Gasteiger partial charge in [0.2, 0.25) is 0 Å². The number of aryl methyl sites for hydroxylation is 2. The monoisotopic (exact) mass is 291 g/mol. The lowest BCUT2D eigenvalue weighted by molar-refractivity contribution is 1.42. The van der Waals surface area contributed by atoms with Gasteiger partial charge in [0.15, 0.2) is 0 Å². The predicted molar refractivity (Wildman–Crippen MR) is 91.2 cm³/mol. The molecule has 4 aromatic rings. The van der Waals surface area contributed by atoms with Crippen LogP contribution >= 0.6 is 11.6 Å². The first-order chi connectivity index (χ1) is 10.2. The van der Waals surface area contributed by atoms with Crippen molar-refractivity contribution in [2.45, 2.75) is 13.8 Å². The molecule has 0 N–H and O–H groups in total. The summed E-state index contributed by atoms with van der Waals surface area (Å²) < 4.78 is 0. The van der Waals surface area contributed by atoms with E-state index in [1.165, 1.54) is 21.7 Å². The minimum atomic E-state index is 0.755. The fourth-order valence-corrected chi connectivity index (χ4v) is 3.22. The Hall–Kier alpha value is -2.12. The molecule has 0 aliphatic rings. The predicted octanol–water partition coefficient (Wildman–Crippen LogP) is 5.81. The van der Waals surface area contributed by atoms with Crippen molar-refractivity contribution in [2.24, 2.45) is 0 Å². The van der Waals surface area contributed by atoms with Gasteiger partial charge in [-0.15, -0.1) is 0 Å². The minimum Gasteiger partial charge on any atom is -0.246 e. The van der Waals surface area contributed by atoms with Gasteiger partial charge in [0.05, 0.1) is 16.1 Å². The van der Waals surface area contributed by atoms with E-state index in [-0.39, 0.29) is 0 Å². The van der Waals surface area contributed by atoms with E-state index in [9.17, 15) is 0 Å². The van der Waals surface area contributed by atoms with Crippen molar-refractivity contribution in [1.29, 1.82) is 0 Å². The molecule has 0 aliphatic carbocycles. The Bertz CT molecular complexity index is 1020. The van der Waals surface area contributed by atoms with Gasteiger partial charge in [-0.1, -0.05) is 60.1 Å². The summed E-state index contributed by atoms with van der Waals surface area (Å²) in [4.78, 5) is 4.90. The molecule has 1 nitrogen and oxygen atoms in total. The standard InChI is InChI=1S/C19H14ClN/c1-11-7-9-15-12(2)14-10-8-13-5-3-4-6-16(13)18(14)21-19(15)17(11)20/h3-10H,1-2H3. The van der Waals surface area contributed by atoms with E-state index >= 15 is 0 Å². The van der Waals surface area contributed by atoms with Crippen molar-refractivity contribution in [3.8, 4) is 0 Å². The third kappa shape index (κ3) is 1.74. The number of fused-ring (bicyclic) bond motifs is 4. The van der Waals surface area contributed by atoms with Gasteiger partial charge in [0.1, 0.15) is 0 Å². The van der Waals surface area contributed by atoms with E-state index in [1.807, 2.05) is 6.92 Å². The summed E-state index contributed by atoms with van der Waals surface area (Å²) in [5, 5.41) is 5.47. The molecule has 2 heteroatoms. The smallest absolute Gasteiger partial charge is 0.0901 e. The second-order valence-corrected chi connectivity index (χ2v) is 5.89. The van der Waals surface area contributed by atoms with Crippen LogP contribution in [0.5, 0.6) is 0 Å². The van der Waals surface area contributed by atoms with Crippen molar-refractivity contribution >= 4 is 44.2 Å². The first-order valence-corrected chi connectivity index (χ1v) is 7.41. The Morgan fingerprint density at radius 3 is 2.33 bits per heavy atom. The molecule has 3 aromatic carbocycles. The number of benzene rings is 3. The third-order valence-corrected chi connectivity index (χ3v) is 4.72. The average Bonchev–Trinajstić information content (AvgIpc) is 2.51. The Morgan fingerprint density at radius 2 is 1.48 bits per heavy atom. The molecule has 1 heterocycles. The lowest BCUT2D eigenvalue weighted by Crippen LogP contribution is -1.91. The SMILES string of the molecule is Cc1ccc2c(C)c3ccc4ccccc4c3nc2c1Cl. The third-order valence-electron chi connectivity index (χ3n) is 4.24. The normalized spacial score (nSPS) is 11.6. The van der Waals surface area contributed by atoms with Crippen molar-refractivity contribution < 1.29 is 0 Å². The largest absolute Gasteiger partial charge is 0.246 e. The number of rotatable bonds is 0. The fraction of sp³-hybridized carbons (Fsp3) is 0.105. The summed E-state index contributed by atoms with van der Waals surface area (Å²) in [6.07, 6.45) is 0. The van der Waals surface area contributed by atoms with Crippen LogP contribution in [0.4, 0.5) is 0 Å². The van der Waals surface area contributed by atoms with Gasteiger partial charge >= 0.3 is 0 Å². The second kappa shape index (κ2) is 4.44. The Morgan fingerprint density at radius 1 is 0.762 bits per heavy atom. The molecule has 102 valence electrons. The van der Waals surface area contributed by atoms with Crippen LogP contribution in [0, 0.1) is 13.8 Å². The van der Waals surface area contributed by atoms with E-state index in [4.69, 9.17) is 16.6 Å². The van der Waals surface area contributed by atoms with E-state index in [1.54, 1.807) is 0 Å².